The van der Waals surface area contributed by atoms with Crippen LogP contribution in [0.1, 0.15) is 47.0 Å². The molecule has 1 heteroatoms. The first-order chi connectivity index (χ1) is 5.41. The van der Waals surface area contributed by atoms with E-state index < -0.39 is 0 Å². The molecule has 0 radical (unpaired) electrons. The van der Waals surface area contributed by atoms with Gasteiger partial charge < -0.3 is 0 Å². The van der Waals surface area contributed by atoms with Gasteiger partial charge in [-0.2, -0.15) is 0 Å². The first-order valence-corrected chi connectivity index (χ1v) is 5.97. The third-order valence-electron chi connectivity index (χ3n) is 3.29. The number of alkyl halides is 1. The van der Waals surface area contributed by atoms with Gasteiger partial charge in [0.2, 0.25) is 0 Å². The maximum Gasteiger partial charge on any atom is 0.0171 e. The van der Waals surface area contributed by atoms with Crippen molar-refractivity contribution in [3.05, 3.63) is 0 Å². The van der Waals surface area contributed by atoms with Gasteiger partial charge in [0.1, 0.15) is 0 Å². The first kappa shape index (κ1) is 10.6. The molecule has 1 aliphatic carbocycles. The largest absolute Gasteiger partial charge is 0.0888 e. The summed E-state index contributed by atoms with van der Waals surface area (Å²) >= 11 is 3.75. The van der Waals surface area contributed by atoms with Crippen LogP contribution < -0.4 is 0 Å². The Morgan fingerprint density at radius 1 is 1.17 bits per heavy atom. The summed E-state index contributed by atoms with van der Waals surface area (Å²) in [6.45, 7) is 9.49. The average molecular weight is 233 g/mol. The molecule has 1 aliphatic rings. The van der Waals surface area contributed by atoms with Gasteiger partial charge in [-0.25, -0.2) is 0 Å². The monoisotopic (exact) mass is 232 g/mol. The molecule has 0 bridgehead atoms. The zero-order valence-corrected chi connectivity index (χ0v) is 10.3. The highest BCUT2D eigenvalue weighted by molar-refractivity contribution is 9.09. The van der Waals surface area contributed by atoms with E-state index in [0.29, 0.717) is 5.41 Å². The Bertz CT molecular complexity index is 146. The van der Waals surface area contributed by atoms with Crippen LogP contribution in [0.3, 0.4) is 0 Å². The highest BCUT2D eigenvalue weighted by Crippen LogP contribution is 2.42. The minimum Gasteiger partial charge on any atom is -0.0888 e. The second-order valence-corrected chi connectivity index (χ2v) is 6.55. The minimum absolute atomic E-state index is 0.515. The van der Waals surface area contributed by atoms with Crippen molar-refractivity contribution >= 4 is 15.9 Å². The van der Waals surface area contributed by atoms with Gasteiger partial charge in [-0.1, -0.05) is 43.6 Å². The summed E-state index contributed by atoms with van der Waals surface area (Å²) in [6, 6.07) is 0. The summed E-state index contributed by atoms with van der Waals surface area (Å²) in [4.78, 5) is 0.774. The fourth-order valence-electron chi connectivity index (χ4n) is 2.15. The van der Waals surface area contributed by atoms with Crippen molar-refractivity contribution in [3.63, 3.8) is 0 Å². The molecule has 0 nitrogen and oxygen atoms in total. The molecule has 0 heterocycles. The van der Waals surface area contributed by atoms with Crippen LogP contribution in [0.5, 0.6) is 0 Å². The number of hydrogen-bond acceptors (Lipinski definition) is 0. The van der Waals surface area contributed by atoms with Gasteiger partial charge in [0.25, 0.3) is 0 Å². The lowest BCUT2D eigenvalue weighted by atomic mass is 9.69. The Morgan fingerprint density at radius 2 is 1.75 bits per heavy atom. The molecule has 0 unspecified atom stereocenters. The quantitative estimate of drug-likeness (QED) is 0.549. The SMILES string of the molecule is C[C@@H]1C[C@H](C(C)(C)C)CC[C@H]1Br. The van der Waals surface area contributed by atoms with Gasteiger partial charge in [0.15, 0.2) is 0 Å². The first-order valence-electron chi connectivity index (χ1n) is 5.05. The second-order valence-electron chi connectivity index (χ2n) is 5.37. The van der Waals surface area contributed by atoms with Crippen LogP contribution in [-0.2, 0) is 0 Å². The third-order valence-corrected chi connectivity index (χ3v) is 4.65. The van der Waals surface area contributed by atoms with Gasteiger partial charge in [-0.05, 0) is 36.5 Å². The zero-order chi connectivity index (χ0) is 9.35. The molecule has 0 aliphatic heterocycles. The maximum atomic E-state index is 3.75. The average Bonchev–Trinajstić information content (AvgIpc) is 1.92. The van der Waals surface area contributed by atoms with Crippen molar-refractivity contribution in [1.29, 1.82) is 0 Å². The van der Waals surface area contributed by atoms with Gasteiger partial charge >= 0.3 is 0 Å². The lowest BCUT2D eigenvalue weighted by Gasteiger charge is -2.38. The van der Waals surface area contributed by atoms with Crippen molar-refractivity contribution in [2.24, 2.45) is 17.3 Å². The molecule has 0 amide bonds. The molecule has 0 aromatic rings. The highest BCUT2D eigenvalue weighted by Gasteiger charge is 2.32. The predicted molar refractivity (Wildman–Crippen MR) is 58.7 cm³/mol. The van der Waals surface area contributed by atoms with Gasteiger partial charge in [-0.15, -0.1) is 0 Å². The Morgan fingerprint density at radius 3 is 2.17 bits per heavy atom. The Kier molecular flexibility index (Phi) is 3.25. The van der Waals surface area contributed by atoms with Gasteiger partial charge in [-0.3, -0.25) is 0 Å². The number of rotatable bonds is 0. The van der Waals surface area contributed by atoms with Crippen LogP contribution in [0.25, 0.3) is 0 Å². The number of hydrogen-bond donors (Lipinski definition) is 0. The molecule has 0 aromatic heterocycles. The predicted octanol–water partition coefficient (Wildman–Crippen LogP) is 4.23. The second kappa shape index (κ2) is 3.69. The smallest absolute Gasteiger partial charge is 0.0171 e. The topological polar surface area (TPSA) is 0 Å². The highest BCUT2D eigenvalue weighted by atomic mass is 79.9. The van der Waals surface area contributed by atoms with E-state index in [9.17, 15) is 0 Å². The van der Waals surface area contributed by atoms with Crippen LogP contribution in [-0.4, -0.2) is 4.83 Å². The van der Waals surface area contributed by atoms with E-state index >= 15 is 0 Å². The van der Waals surface area contributed by atoms with Crippen LogP contribution >= 0.6 is 15.9 Å². The Hall–Kier alpha value is 0.480. The molecule has 1 rings (SSSR count). The molecule has 0 saturated heterocycles. The Labute approximate surface area is 85.3 Å². The number of halogens is 1. The summed E-state index contributed by atoms with van der Waals surface area (Å²) in [5, 5.41) is 0. The van der Waals surface area contributed by atoms with Crippen molar-refractivity contribution in [2.45, 2.75) is 51.8 Å². The molecule has 0 aromatic carbocycles. The fourth-order valence-corrected chi connectivity index (χ4v) is 2.63. The van der Waals surface area contributed by atoms with E-state index in [0.717, 1.165) is 16.7 Å². The molecule has 3 atom stereocenters. The molecule has 0 N–H and O–H groups in total. The third kappa shape index (κ3) is 2.48. The normalized spacial score (nSPS) is 38.2. The maximum absolute atomic E-state index is 3.75. The van der Waals surface area contributed by atoms with E-state index in [1.807, 2.05) is 0 Å². The van der Waals surface area contributed by atoms with Crippen molar-refractivity contribution in [2.75, 3.05) is 0 Å². The standard InChI is InChI=1S/C11H21Br/c1-8-7-9(11(2,3)4)5-6-10(8)12/h8-10H,5-7H2,1-4H3/t8-,9-,10-/m1/s1. The Balaban J connectivity index is 2.51. The van der Waals surface area contributed by atoms with E-state index in [2.05, 4.69) is 43.6 Å². The van der Waals surface area contributed by atoms with Crippen molar-refractivity contribution < 1.29 is 0 Å². The van der Waals surface area contributed by atoms with Gasteiger partial charge in [0, 0.05) is 4.83 Å². The lowest BCUT2D eigenvalue weighted by Crippen LogP contribution is -2.30. The van der Waals surface area contributed by atoms with Crippen molar-refractivity contribution in [1.82, 2.24) is 0 Å². The molecular weight excluding hydrogens is 212 g/mol. The summed E-state index contributed by atoms with van der Waals surface area (Å²) in [5.41, 5.74) is 0.515. The summed E-state index contributed by atoms with van der Waals surface area (Å²) in [5.74, 6) is 1.80. The van der Waals surface area contributed by atoms with E-state index in [1.54, 1.807) is 0 Å². The zero-order valence-electron chi connectivity index (χ0n) is 8.73. The minimum atomic E-state index is 0.515. The van der Waals surface area contributed by atoms with Crippen LogP contribution in [0, 0.1) is 17.3 Å². The van der Waals surface area contributed by atoms with Crippen LogP contribution in [0.2, 0.25) is 0 Å². The van der Waals surface area contributed by atoms with E-state index in [4.69, 9.17) is 0 Å². The van der Waals surface area contributed by atoms with Crippen LogP contribution in [0.15, 0.2) is 0 Å². The summed E-state index contributed by atoms with van der Waals surface area (Å²) in [7, 11) is 0. The fraction of sp³-hybridized carbons (Fsp3) is 1.00. The van der Waals surface area contributed by atoms with Crippen molar-refractivity contribution in [3.8, 4) is 0 Å². The van der Waals surface area contributed by atoms with Crippen LogP contribution in [0.4, 0.5) is 0 Å². The molecule has 1 fully saturated rings. The molecule has 1 saturated carbocycles. The molecule has 0 spiro atoms. The van der Waals surface area contributed by atoms with E-state index in [-0.39, 0.29) is 0 Å². The molecular formula is C11H21Br. The van der Waals surface area contributed by atoms with Gasteiger partial charge in [0.05, 0.1) is 0 Å². The summed E-state index contributed by atoms with van der Waals surface area (Å²) in [6.07, 6.45) is 4.17. The molecule has 72 valence electrons. The molecule has 12 heavy (non-hydrogen) atoms. The lowest BCUT2D eigenvalue weighted by molar-refractivity contribution is 0.153. The summed E-state index contributed by atoms with van der Waals surface area (Å²) < 4.78 is 0. The van der Waals surface area contributed by atoms with E-state index in [1.165, 1.54) is 19.3 Å².